The van der Waals surface area contributed by atoms with E-state index in [1.165, 1.54) is 0 Å². The molecule has 0 bridgehead atoms. The normalized spacial score (nSPS) is 12.3. The molecule has 0 aliphatic heterocycles. The molecule has 0 saturated carbocycles. The summed E-state index contributed by atoms with van der Waals surface area (Å²) in [5.41, 5.74) is 6.56. The van der Waals surface area contributed by atoms with Gasteiger partial charge in [-0.3, -0.25) is 4.68 Å². The molecule has 0 saturated heterocycles. The van der Waals surface area contributed by atoms with E-state index >= 15 is 0 Å². The smallest absolute Gasteiger partial charge is 0.119 e. The Hall–Kier alpha value is -1.85. The summed E-state index contributed by atoms with van der Waals surface area (Å²) in [6, 6.07) is 9.34. The van der Waals surface area contributed by atoms with Gasteiger partial charge in [0.15, 0.2) is 0 Å². The molecule has 18 heavy (non-hydrogen) atoms. The van der Waals surface area contributed by atoms with Gasteiger partial charge in [-0.05, 0) is 23.8 Å². The number of ether oxygens (including phenoxy) is 1. The molecule has 1 heterocycles. The van der Waals surface area contributed by atoms with Gasteiger partial charge in [-0.2, -0.15) is 5.10 Å². The highest BCUT2D eigenvalue weighted by Gasteiger charge is 2.06. The number of rotatable bonds is 6. The van der Waals surface area contributed by atoms with Crippen LogP contribution in [0.4, 0.5) is 0 Å². The summed E-state index contributed by atoms with van der Waals surface area (Å²) in [4.78, 5) is 0. The number of hydrogen-bond acceptors (Lipinski definition) is 4. The maximum Gasteiger partial charge on any atom is 0.119 e. The fraction of sp³-hybridized carbons (Fsp3) is 0.308. The molecule has 5 nitrogen and oxygen atoms in total. The van der Waals surface area contributed by atoms with Gasteiger partial charge in [0.05, 0.1) is 6.54 Å². The lowest BCUT2D eigenvalue weighted by molar-refractivity contribution is 0.0893. The Labute approximate surface area is 106 Å². The second-order valence-electron chi connectivity index (χ2n) is 4.04. The van der Waals surface area contributed by atoms with Gasteiger partial charge in [0.25, 0.3) is 0 Å². The summed E-state index contributed by atoms with van der Waals surface area (Å²) in [6.45, 7) is 1.18. The van der Waals surface area contributed by atoms with Crippen molar-refractivity contribution in [1.29, 1.82) is 0 Å². The number of nitrogens with two attached hydrogens (primary N) is 1. The monoisotopic (exact) mass is 247 g/mol. The van der Waals surface area contributed by atoms with Crippen LogP contribution in [0.1, 0.15) is 5.56 Å². The fourth-order valence-corrected chi connectivity index (χ4v) is 1.59. The van der Waals surface area contributed by atoms with Crippen LogP contribution < -0.4 is 10.5 Å². The second kappa shape index (κ2) is 6.18. The topological polar surface area (TPSA) is 73.3 Å². The minimum atomic E-state index is -0.584. The van der Waals surface area contributed by atoms with Gasteiger partial charge in [-0.1, -0.05) is 12.1 Å². The molecule has 96 valence electrons. The SMILES string of the molecule is NCc1ccc(OCC(O)Cn2cccn2)cc1. The largest absolute Gasteiger partial charge is 0.491 e. The van der Waals surface area contributed by atoms with E-state index in [4.69, 9.17) is 10.5 Å². The van der Waals surface area contributed by atoms with Crippen molar-refractivity contribution in [2.75, 3.05) is 6.61 Å². The van der Waals surface area contributed by atoms with Gasteiger partial charge in [0.2, 0.25) is 0 Å². The fourth-order valence-electron chi connectivity index (χ4n) is 1.59. The molecule has 0 radical (unpaired) electrons. The van der Waals surface area contributed by atoms with Crippen molar-refractivity contribution in [3.8, 4) is 5.75 Å². The van der Waals surface area contributed by atoms with Crippen molar-refractivity contribution < 1.29 is 9.84 Å². The molecule has 0 aliphatic rings. The summed E-state index contributed by atoms with van der Waals surface area (Å²) in [7, 11) is 0. The molecule has 0 aliphatic carbocycles. The van der Waals surface area contributed by atoms with Gasteiger partial charge >= 0.3 is 0 Å². The summed E-state index contributed by atoms with van der Waals surface area (Å²) in [6.07, 6.45) is 2.90. The molecule has 0 spiro atoms. The zero-order valence-electron chi connectivity index (χ0n) is 10.1. The van der Waals surface area contributed by atoms with Crippen LogP contribution in [0.2, 0.25) is 0 Å². The number of hydrogen-bond donors (Lipinski definition) is 2. The van der Waals surface area contributed by atoms with E-state index in [0.717, 1.165) is 11.3 Å². The first-order chi connectivity index (χ1) is 8.78. The van der Waals surface area contributed by atoms with E-state index in [-0.39, 0.29) is 6.61 Å². The van der Waals surface area contributed by atoms with Crippen molar-refractivity contribution in [3.05, 3.63) is 48.3 Å². The van der Waals surface area contributed by atoms with Crippen LogP contribution in [0, 0.1) is 0 Å². The third-order valence-electron chi connectivity index (χ3n) is 2.56. The van der Waals surface area contributed by atoms with E-state index < -0.39 is 6.10 Å². The first-order valence-corrected chi connectivity index (χ1v) is 5.85. The average Bonchev–Trinajstić information content (AvgIpc) is 2.90. The van der Waals surface area contributed by atoms with Crippen LogP contribution in [0.5, 0.6) is 5.75 Å². The van der Waals surface area contributed by atoms with Crippen molar-refractivity contribution >= 4 is 0 Å². The molecular formula is C13H17N3O2. The van der Waals surface area contributed by atoms with Gasteiger partial charge in [-0.15, -0.1) is 0 Å². The van der Waals surface area contributed by atoms with Gasteiger partial charge in [0.1, 0.15) is 18.5 Å². The number of nitrogens with zero attached hydrogens (tertiary/aromatic N) is 2. The van der Waals surface area contributed by atoms with E-state index in [2.05, 4.69) is 5.10 Å². The Morgan fingerprint density at radius 1 is 1.33 bits per heavy atom. The second-order valence-corrected chi connectivity index (χ2v) is 4.04. The van der Waals surface area contributed by atoms with Gasteiger partial charge < -0.3 is 15.6 Å². The summed E-state index contributed by atoms with van der Waals surface area (Å²) in [5.74, 6) is 0.728. The summed E-state index contributed by atoms with van der Waals surface area (Å²) >= 11 is 0. The molecule has 0 amide bonds. The van der Waals surface area contributed by atoms with Gasteiger partial charge in [0, 0.05) is 18.9 Å². The maximum absolute atomic E-state index is 9.78. The standard InChI is InChI=1S/C13H17N3O2/c14-8-11-2-4-13(5-3-11)18-10-12(17)9-16-7-1-6-15-16/h1-7,12,17H,8-10,14H2. The Morgan fingerprint density at radius 3 is 2.72 bits per heavy atom. The van der Waals surface area contributed by atoms with Crippen molar-refractivity contribution in [2.24, 2.45) is 5.73 Å². The molecule has 5 heteroatoms. The number of aliphatic hydroxyl groups excluding tert-OH is 1. The molecule has 1 atom stereocenters. The van der Waals surface area contributed by atoms with Crippen molar-refractivity contribution in [2.45, 2.75) is 19.2 Å². The molecule has 1 aromatic carbocycles. The lowest BCUT2D eigenvalue weighted by Crippen LogP contribution is -2.23. The highest BCUT2D eigenvalue weighted by molar-refractivity contribution is 5.27. The molecule has 1 aromatic heterocycles. The Balaban J connectivity index is 1.79. The predicted molar refractivity (Wildman–Crippen MR) is 68.1 cm³/mol. The Kier molecular flexibility index (Phi) is 4.33. The minimum absolute atomic E-state index is 0.238. The van der Waals surface area contributed by atoms with E-state index in [9.17, 15) is 5.11 Å². The maximum atomic E-state index is 9.78. The molecule has 2 aromatic rings. The van der Waals surface area contributed by atoms with Gasteiger partial charge in [-0.25, -0.2) is 0 Å². The zero-order chi connectivity index (χ0) is 12.8. The number of aliphatic hydroxyl groups is 1. The quantitative estimate of drug-likeness (QED) is 0.791. The number of aromatic nitrogens is 2. The molecule has 1 unspecified atom stereocenters. The van der Waals surface area contributed by atoms with Crippen LogP contribution in [-0.2, 0) is 13.1 Å². The van der Waals surface area contributed by atoms with Crippen molar-refractivity contribution in [1.82, 2.24) is 9.78 Å². The van der Waals surface area contributed by atoms with Crippen LogP contribution in [0.25, 0.3) is 0 Å². The van der Waals surface area contributed by atoms with Crippen LogP contribution >= 0.6 is 0 Å². The van der Waals surface area contributed by atoms with Crippen LogP contribution in [0.15, 0.2) is 42.7 Å². The van der Waals surface area contributed by atoms with E-state index in [0.29, 0.717) is 13.1 Å². The van der Waals surface area contributed by atoms with Crippen LogP contribution in [0.3, 0.4) is 0 Å². The first kappa shape index (κ1) is 12.6. The molecule has 2 rings (SSSR count). The summed E-state index contributed by atoms with van der Waals surface area (Å²) in [5, 5.41) is 13.8. The highest BCUT2D eigenvalue weighted by Crippen LogP contribution is 2.12. The van der Waals surface area contributed by atoms with Crippen LogP contribution in [-0.4, -0.2) is 27.6 Å². The van der Waals surface area contributed by atoms with E-state index in [1.54, 1.807) is 17.1 Å². The minimum Gasteiger partial charge on any atom is -0.491 e. The molecule has 3 N–H and O–H groups in total. The Morgan fingerprint density at radius 2 is 2.11 bits per heavy atom. The lowest BCUT2D eigenvalue weighted by Gasteiger charge is -2.12. The molecular weight excluding hydrogens is 230 g/mol. The average molecular weight is 247 g/mol. The number of benzene rings is 1. The van der Waals surface area contributed by atoms with E-state index in [1.807, 2.05) is 30.3 Å². The predicted octanol–water partition coefficient (Wildman–Crippen LogP) is 0.782. The van der Waals surface area contributed by atoms with Crippen molar-refractivity contribution in [3.63, 3.8) is 0 Å². The third kappa shape index (κ3) is 3.58. The Bertz CT molecular complexity index is 454. The first-order valence-electron chi connectivity index (χ1n) is 5.85. The lowest BCUT2D eigenvalue weighted by atomic mass is 10.2. The zero-order valence-corrected chi connectivity index (χ0v) is 10.1. The summed E-state index contributed by atoms with van der Waals surface area (Å²) < 4.78 is 7.16. The highest BCUT2D eigenvalue weighted by atomic mass is 16.5. The third-order valence-corrected chi connectivity index (χ3v) is 2.56. The molecule has 0 fully saturated rings.